The van der Waals surface area contributed by atoms with Gasteiger partial charge in [0.25, 0.3) is 0 Å². The lowest BCUT2D eigenvalue weighted by Crippen LogP contribution is -2.32. The van der Waals surface area contributed by atoms with E-state index < -0.39 is 5.60 Å². The molecule has 3 heteroatoms. The Kier molecular flexibility index (Phi) is 1.80. The molecule has 0 aromatic rings. The third-order valence-corrected chi connectivity index (χ3v) is 2.10. The van der Waals surface area contributed by atoms with E-state index in [9.17, 15) is 5.11 Å². The number of thiol groups is 1. The average Bonchev–Trinajstić information content (AvgIpc) is 2.17. The van der Waals surface area contributed by atoms with Gasteiger partial charge in [-0.25, -0.2) is 0 Å². The molecule has 1 saturated heterocycles. The molecule has 48 valence electrons. The van der Waals surface area contributed by atoms with Crippen LogP contribution in [0.25, 0.3) is 0 Å². The minimum absolute atomic E-state index is 0.511. The summed E-state index contributed by atoms with van der Waals surface area (Å²) in [7, 11) is 0. The van der Waals surface area contributed by atoms with Crippen LogP contribution >= 0.6 is 12.6 Å². The minimum Gasteiger partial charge on any atom is -0.388 e. The topological polar surface area (TPSA) is 32.3 Å². The molecule has 0 saturated carbocycles. The van der Waals surface area contributed by atoms with Gasteiger partial charge >= 0.3 is 0 Å². The quantitative estimate of drug-likeness (QED) is 0.427. The monoisotopic (exact) mass is 133 g/mol. The molecule has 0 aromatic carbocycles. The SMILES string of the molecule is OC1(CS)CCNC1. The van der Waals surface area contributed by atoms with Crippen LogP contribution in [0.2, 0.25) is 0 Å². The first kappa shape index (κ1) is 6.39. The second kappa shape index (κ2) is 2.25. The molecule has 0 amide bonds. The Labute approximate surface area is 54.7 Å². The van der Waals surface area contributed by atoms with Crippen molar-refractivity contribution in [2.75, 3.05) is 18.8 Å². The Morgan fingerprint density at radius 1 is 1.75 bits per heavy atom. The lowest BCUT2D eigenvalue weighted by atomic mass is 10.1. The zero-order chi connectivity index (χ0) is 6.04. The van der Waals surface area contributed by atoms with Gasteiger partial charge in [-0.1, -0.05) is 0 Å². The van der Waals surface area contributed by atoms with Crippen molar-refractivity contribution >= 4 is 12.6 Å². The number of hydrogen-bond acceptors (Lipinski definition) is 3. The summed E-state index contributed by atoms with van der Waals surface area (Å²) in [4.78, 5) is 0. The summed E-state index contributed by atoms with van der Waals surface area (Å²) in [6, 6.07) is 0. The van der Waals surface area contributed by atoms with E-state index in [-0.39, 0.29) is 0 Å². The van der Waals surface area contributed by atoms with Crippen molar-refractivity contribution in [3.05, 3.63) is 0 Å². The smallest absolute Gasteiger partial charge is 0.0870 e. The Bertz CT molecular complexity index is 80.5. The number of β-amino-alcohol motifs (C(OH)–C–C–N with tert-alkyl or cyclic N) is 1. The maximum absolute atomic E-state index is 9.36. The number of nitrogens with one attached hydrogen (secondary N) is 1. The fourth-order valence-electron chi connectivity index (χ4n) is 0.865. The van der Waals surface area contributed by atoms with Gasteiger partial charge in [-0.05, 0) is 13.0 Å². The molecule has 0 aromatic heterocycles. The molecule has 0 spiro atoms. The van der Waals surface area contributed by atoms with Crippen LogP contribution in [0.3, 0.4) is 0 Å². The van der Waals surface area contributed by atoms with Crippen molar-refractivity contribution in [2.24, 2.45) is 0 Å². The summed E-state index contributed by atoms with van der Waals surface area (Å²) in [6.45, 7) is 1.63. The molecule has 1 unspecified atom stereocenters. The predicted molar refractivity (Wildman–Crippen MR) is 36.3 cm³/mol. The van der Waals surface area contributed by atoms with Gasteiger partial charge in [0.2, 0.25) is 0 Å². The van der Waals surface area contributed by atoms with Crippen molar-refractivity contribution < 1.29 is 5.11 Å². The first-order chi connectivity index (χ1) is 3.77. The highest BCUT2D eigenvalue weighted by atomic mass is 32.1. The van der Waals surface area contributed by atoms with Crippen molar-refractivity contribution in [3.63, 3.8) is 0 Å². The van der Waals surface area contributed by atoms with Gasteiger partial charge in [-0.3, -0.25) is 0 Å². The van der Waals surface area contributed by atoms with Gasteiger partial charge < -0.3 is 10.4 Å². The Morgan fingerprint density at radius 2 is 2.50 bits per heavy atom. The molecule has 0 bridgehead atoms. The van der Waals surface area contributed by atoms with Crippen LogP contribution in [0.5, 0.6) is 0 Å². The largest absolute Gasteiger partial charge is 0.388 e. The fourth-order valence-corrected chi connectivity index (χ4v) is 1.14. The molecule has 2 nitrogen and oxygen atoms in total. The summed E-state index contributed by atoms with van der Waals surface area (Å²) in [5.41, 5.74) is -0.511. The summed E-state index contributed by atoms with van der Waals surface area (Å²) in [5, 5.41) is 12.4. The van der Waals surface area contributed by atoms with Crippen molar-refractivity contribution in [3.8, 4) is 0 Å². The number of rotatable bonds is 1. The van der Waals surface area contributed by atoms with E-state index in [0.717, 1.165) is 13.0 Å². The number of aliphatic hydroxyl groups is 1. The highest BCUT2D eigenvalue weighted by Crippen LogP contribution is 2.14. The van der Waals surface area contributed by atoms with E-state index in [1.54, 1.807) is 0 Å². The molecule has 0 aliphatic carbocycles. The summed E-state index contributed by atoms with van der Waals surface area (Å²) in [5.74, 6) is 0.569. The molecule has 1 aliphatic rings. The normalized spacial score (nSPS) is 38.2. The van der Waals surface area contributed by atoms with Gasteiger partial charge in [-0.15, -0.1) is 0 Å². The fraction of sp³-hybridized carbons (Fsp3) is 1.00. The number of hydrogen-bond donors (Lipinski definition) is 3. The highest BCUT2D eigenvalue weighted by molar-refractivity contribution is 7.80. The minimum atomic E-state index is -0.511. The Morgan fingerprint density at radius 3 is 2.75 bits per heavy atom. The lowest BCUT2D eigenvalue weighted by molar-refractivity contribution is 0.0875. The maximum atomic E-state index is 9.36. The highest BCUT2D eigenvalue weighted by Gasteiger charge is 2.28. The van der Waals surface area contributed by atoms with Gasteiger partial charge in [-0.2, -0.15) is 12.6 Å². The van der Waals surface area contributed by atoms with Crippen LogP contribution < -0.4 is 5.32 Å². The van der Waals surface area contributed by atoms with Gasteiger partial charge in [0, 0.05) is 12.3 Å². The average molecular weight is 133 g/mol. The van der Waals surface area contributed by atoms with Crippen LogP contribution in [-0.4, -0.2) is 29.5 Å². The first-order valence-electron chi connectivity index (χ1n) is 2.81. The van der Waals surface area contributed by atoms with Crippen LogP contribution in [0, 0.1) is 0 Å². The van der Waals surface area contributed by atoms with Gasteiger partial charge in [0.15, 0.2) is 0 Å². The molecule has 0 radical (unpaired) electrons. The van der Waals surface area contributed by atoms with Crippen molar-refractivity contribution in [1.82, 2.24) is 5.32 Å². The lowest BCUT2D eigenvalue weighted by Gasteiger charge is -2.16. The van der Waals surface area contributed by atoms with Crippen LogP contribution in [-0.2, 0) is 0 Å². The zero-order valence-corrected chi connectivity index (χ0v) is 5.62. The molecule has 1 rings (SSSR count). The zero-order valence-electron chi connectivity index (χ0n) is 4.72. The van der Waals surface area contributed by atoms with Gasteiger partial charge in [0.1, 0.15) is 0 Å². The molecule has 2 N–H and O–H groups in total. The third kappa shape index (κ3) is 1.16. The second-order valence-corrected chi connectivity index (χ2v) is 2.63. The molecule has 1 aliphatic heterocycles. The Hall–Kier alpha value is 0.270. The van der Waals surface area contributed by atoms with Crippen molar-refractivity contribution in [2.45, 2.75) is 12.0 Å². The summed E-state index contributed by atoms with van der Waals surface area (Å²) in [6.07, 6.45) is 0.844. The molecule has 1 heterocycles. The van der Waals surface area contributed by atoms with E-state index in [0.29, 0.717) is 12.3 Å². The molecular weight excluding hydrogens is 122 g/mol. The van der Waals surface area contributed by atoms with Crippen LogP contribution in [0.15, 0.2) is 0 Å². The standard InChI is InChI=1S/C5H11NOS/c7-5(4-8)1-2-6-3-5/h6-8H,1-4H2. The molecule has 8 heavy (non-hydrogen) atoms. The predicted octanol–water partition coefficient (Wildman–Crippen LogP) is -0.359. The molecule has 1 fully saturated rings. The summed E-state index contributed by atoms with van der Waals surface area (Å²) < 4.78 is 0. The van der Waals surface area contributed by atoms with E-state index in [2.05, 4.69) is 17.9 Å². The molecular formula is C5H11NOS. The maximum Gasteiger partial charge on any atom is 0.0870 e. The Balaban J connectivity index is 2.40. The third-order valence-electron chi connectivity index (χ3n) is 1.52. The van der Waals surface area contributed by atoms with Crippen LogP contribution in [0.1, 0.15) is 6.42 Å². The van der Waals surface area contributed by atoms with Crippen LogP contribution in [0.4, 0.5) is 0 Å². The van der Waals surface area contributed by atoms with E-state index in [1.165, 1.54) is 0 Å². The summed E-state index contributed by atoms with van der Waals surface area (Å²) >= 11 is 4.01. The second-order valence-electron chi connectivity index (χ2n) is 2.31. The van der Waals surface area contributed by atoms with Crippen molar-refractivity contribution in [1.29, 1.82) is 0 Å². The van der Waals surface area contributed by atoms with E-state index >= 15 is 0 Å². The molecule has 1 atom stereocenters. The first-order valence-corrected chi connectivity index (χ1v) is 3.44. The van der Waals surface area contributed by atoms with Gasteiger partial charge in [0.05, 0.1) is 5.60 Å². The van der Waals surface area contributed by atoms with E-state index in [1.807, 2.05) is 0 Å². The van der Waals surface area contributed by atoms with E-state index in [4.69, 9.17) is 0 Å².